The van der Waals surface area contributed by atoms with Crippen LogP contribution in [0, 0.1) is 0 Å². The molecule has 0 unspecified atom stereocenters. The van der Waals surface area contributed by atoms with Gasteiger partial charge in [-0.05, 0) is 6.42 Å². The van der Waals surface area contributed by atoms with Gasteiger partial charge in [0.1, 0.15) is 6.35 Å². The van der Waals surface area contributed by atoms with Crippen molar-refractivity contribution < 1.29 is 14.5 Å². The average molecular weight is 250 g/mol. The maximum Gasteiger partial charge on any atom is 0.192 e. The average Bonchev–Trinajstić information content (AvgIpc) is 2.25. The first kappa shape index (κ1) is 16.3. The molecule has 0 aliphatic carbocycles. The minimum atomic E-state index is -1.86. The molecule has 98 valence electrons. The van der Waals surface area contributed by atoms with Gasteiger partial charge in [-0.2, -0.15) is 0 Å². The zero-order chi connectivity index (χ0) is 12.1. The van der Waals surface area contributed by atoms with Gasteiger partial charge < -0.3 is 14.5 Å². The molecule has 4 heteroatoms. The molecule has 0 atom stereocenters. The SMILES string of the molecule is CCCCCCCCCCCOCP(O)O. The van der Waals surface area contributed by atoms with Gasteiger partial charge >= 0.3 is 0 Å². The van der Waals surface area contributed by atoms with Gasteiger partial charge in [0.05, 0.1) is 0 Å². The molecule has 0 radical (unpaired) electrons. The summed E-state index contributed by atoms with van der Waals surface area (Å²) in [6, 6.07) is 0. The van der Waals surface area contributed by atoms with Crippen molar-refractivity contribution in [3.8, 4) is 0 Å². The normalized spacial score (nSPS) is 11.2. The van der Waals surface area contributed by atoms with Crippen molar-refractivity contribution in [1.82, 2.24) is 0 Å². The third-order valence-corrected chi connectivity index (χ3v) is 3.01. The fraction of sp³-hybridized carbons (Fsp3) is 1.00. The number of rotatable bonds is 12. The van der Waals surface area contributed by atoms with Gasteiger partial charge in [-0.1, -0.05) is 58.3 Å². The summed E-state index contributed by atoms with van der Waals surface area (Å²) in [5.41, 5.74) is 0. The Morgan fingerprint density at radius 1 is 0.812 bits per heavy atom. The molecule has 0 aromatic heterocycles. The van der Waals surface area contributed by atoms with Crippen molar-refractivity contribution in [2.75, 3.05) is 13.0 Å². The Kier molecular flexibility index (Phi) is 13.6. The van der Waals surface area contributed by atoms with Crippen LogP contribution in [-0.2, 0) is 4.74 Å². The summed E-state index contributed by atoms with van der Waals surface area (Å²) in [5, 5.41) is 0. The highest BCUT2D eigenvalue weighted by atomic mass is 31.2. The Morgan fingerprint density at radius 2 is 1.31 bits per heavy atom. The lowest BCUT2D eigenvalue weighted by molar-refractivity contribution is 0.162. The van der Waals surface area contributed by atoms with Crippen molar-refractivity contribution in [2.45, 2.75) is 64.7 Å². The smallest absolute Gasteiger partial charge is 0.192 e. The molecule has 0 bridgehead atoms. The second-order valence-electron chi connectivity index (χ2n) is 4.24. The van der Waals surface area contributed by atoms with Crippen LogP contribution in [0.3, 0.4) is 0 Å². The van der Waals surface area contributed by atoms with Crippen LogP contribution in [0.5, 0.6) is 0 Å². The summed E-state index contributed by atoms with van der Waals surface area (Å²) in [6.07, 6.45) is 11.8. The van der Waals surface area contributed by atoms with Gasteiger partial charge in [0.15, 0.2) is 8.38 Å². The van der Waals surface area contributed by atoms with Crippen LogP contribution < -0.4 is 0 Å². The molecule has 0 aromatic rings. The molecule has 0 amide bonds. The van der Waals surface area contributed by atoms with Gasteiger partial charge in [-0.25, -0.2) is 0 Å². The van der Waals surface area contributed by atoms with Crippen molar-refractivity contribution in [3.63, 3.8) is 0 Å². The summed E-state index contributed by atoms with van der Waals surface area (Å²) in [4.78, 5) is 17.2. The number of ether oxygens (including phenoxy) is 1. The Balaban J connectivity index is 2.88. The van der Waals surface area contributed by atoms with E-state index in [2.05, 4.69) is 6.92 Å². The highest BCUT2D eigenvalue weighted by molar-refractivity contribution is 7.44. The first-order valence-corrected chi connectivity index (χ1v) is 7.93. The molecule has 0 saturated heterocycles. The van der Waals surface area contributed by atoms with E-state index >= 15 is 0 Å². The van der Waals surface area contributed by atoms with Crippen LogP contribution in [0.15, 0.2) is 0 Å². The summed E-state index contributed by atoms with van der Waals surface area (Å²) >= 11 is 0. The van der Waals surface area contributed by atoms with E-state index in [0.29, 0.717) is 6.61 Å². The Hall–Kier alpha value is 0.310. The predicted octanol–water partition coefficient (Wildman–Crippen LogP) is 3.79. The van der Waals surface area contributed by atoms with Crippen LogP contribution in [0.2, 0.25) is 0 Å². The molecule has 0 aliphatic rings. The van der Waals surface area contributed by atoms with E-state index in [-0.39, 0.29) is 6.35 Å². The van der Waals surface area contributed by atoms with Gasteiger partial charge in [-0.3, -0.25) is 0 Å². The molecule has 0 aliphatic heterocycles. The second-order valence-corrected chi connectivity index (χ2v) is 5.24. The summed E-state index contributed by atoms with van der Waals surface area (Å²) in [5.74, 6) is 0. The lowest BCUT2D eigenvalue weighted by Gasteiger charge is -2.04. The molecular formula is C12H27O3P. The monoisotopic (exact) mass is 250 g/mol. The highest BCUT2D eigenvalue weighted by Gasteiger charge is 1.97. The largest absolute Gasteiger partial charge is 0.372 e. The standard InChI is InChI=1S/C12H27O3P/c1-2-3-4-5-6-7-8-9-10-11-15-12-16(13)14/h13-14H,2-12H2,1H3. The highest BCUT2D eigenvalue weighted by Crippen LogP contribution is 2.22. The van der Waals surface area contributed by atoms with E-state index in [4.69, 9.17) is 14.5 Å². The van der Waals surface area contributed by atoms with E-state index in [1.807, 2.05) is 0 Å². The summed E-state index contributed by atoms with van der Waals surface area (Å²) in [7, 11) is -1.86. The van der Waals surface area contributed by atoms with Gasteiger partial charge in [-0.15, -0.1) is 0 Å². The zero-order valence-electron chi connectivity index (χ0n) is 10.5. The fourth-order valence-corrected chi connectivity index (χ4v) is 1.95. The first-order chi connectivity index (χ1) is 7.77. The minimum absolute atomic E-state index is 0.104. The molecule has 2 N–H and O–H groups in total. The Bertz CT molecular complexity index is 131. The van der Waals surface area contributed by atoms with E-state index in [9.17, 15) is 0 Å². The first-order valence-electron chi connectivity index (χ1n) is 6.50. The fourth-order valence-electron chi connectivity index (χ4n) is 1.66. The van der Waals surface area contributed by atoms with Gasteiger partial charge in [0.25, 0.3) is 0 Å². The van der Waals surface area contributed by atoms with Crippen LogP contribution in [0.25, 0.3) is 0 Å². The van der Waals surface area contributed by atoms with Crippen molar-refractivity contribution >= 4 is 8.38 Å². The van der Waals surface area contributed by atoms with E-state index in [0.717, 1.165) is 6.42 Å². The minimum Gasteiger partial charge on any atom is -0.372 e. The number of unbranched alkanes of at least 4 members (excludes halogenated alkanes) is 8. The predicted molar refractivity (Wildman–Crippen MR) is 69.4 cm³/mol. The maximum atomic E-state index is 8.59. The molecule has 16 heavy (non-hydrogen) atoms. The van der Waals surface area contributed by atoms with Crippen LogP contribution in [0.1, 0.15) is 64.7 Å². The van der Waals surface area contributed by atoms with Crippen molar-refractivity contribution in [1.29, 1.82) is 0 Å². The lowest BCUT2D eigenvalue weighted by Crippen LogP contribution is -1.95. The third kappa shape index (κ3) is 14.3. The van der Waals surface area contributed by atoms with E-state index < -0.39 is 8.38 Å². The lowest BCUT2D eigenvalue weighted by atomic mass is 10.1. The van der Waals surface area contributed by atoms with Crippen molar-refractivity contribution in [3.05, 3.63) is 0 Å². The molecule has 0 fully saturated rings. The molecule has 0 aromatic carbocycles. The molecule has 0 spiro atoms. The van der Waals surface area contributed by atoms with Gasteiger partial charge in [0, 0.05) is 6.61 Å². The molecule has 0 saturated carbocycles. The second kappa shape index (κ2) is 13.4. The zero-order valence-corrected chi connectivity index (χ0v) is 11.4. The summed E-state index contributed by atoms with van der Waals surface area (Å²) in [6.45, 7) is 2.90. The molecular weight excluding hydrogens is 223 g/mol. The molecule has 3 nitrogen and oxygen atoms in total. The number of hydrogen-bond donors (Lipinski definition) is 2. The van der Waals surface area contributed by atoms with E-state index in [1.54, 1.807) is 0 Å². The van der Waals surface area contributed by atoms with Crippen LogP contribution in [-0.4, -0.2) is 22.7 Å². The molecule has 0 rings (SSSR count). The Labute approximate surface area is 101 Å². The van der Waals surface area contributed by atoms with Crippen LogP contribution >= 0.6 is 8.38 Å². The summed E-state index contributed by atoms with van der Waals surface area (Å²) < 4.78 is 5.08. The van der Waals surface area contributed by atoms with Crippen molar-refractivity contribution in [2.24, 2.45) is 0 Å². The van der Waals surface area contributed by atoms with Gasteiger partial charge in [0.2, 0.25) is 0 Å². The topological polar surface area (TPSA) is 49.7 Å². The third-order valence-electron chi connectivity index (χ3n) is 2.60. The van der Waals surface area contributed by atoms with E-state index in [1.165, 1.54) is 51.4 Å². The van der Waals surface area contributed by atoms with Crippen LogP contribution in [0.4, 0.5) is 0 Å². The Morgan fingerprint density at radius 3 is 1.81 bits per heavy atom. The molecule has 0 heterocycles. The quantitative estimate of drug-likeness (QED) is 0.409. The number of hydrogen-bond acceptors (Lipinski definition) is 3. The maximum absolute atomic E-state index is 8.59.